The lowest BCUT2D eigenvalue weighted by atomic mass is 9.96. The second-order valence-corrected chi connectivity index (χ2v) is 7.00. The minimum Gasteiger partial charge on any atom is -0.341 e. The van der Waals surface area contributed by atoms with Crippen LogP contribution in [0.15, 0.2) is 30.3 Å². The topological polar surface area (TPSA) is 97.5 Å². The first-order valence-corrected chi connectivity index (χ1v) is 9.25. The van der Waals surface area contributed by atoms with Crippen LogP contribution in [0.3, 0.4) is 0 Å². The lowest BCUT2D eigenvalue weighted by Crippen LogP contribution is -2.40. The summed E-state index contributed by atoms with van der Waals surface area (Å²) < 4.78 is 2.53. The summed E-state index contributed by atoms with van der Waals surface area (Å²) >= 11 is 5.18. The number of rotatable bonds is 4. The van der Waals surface area contributed by atoms with Gasteiger partial charge in [0.15, 0.2) is 4.77 Å². The van der Waals surface area contributed by atoms with Crippen LogP contribution in [-0.4, -0.2) is 58.9 Å². The van der Waals surface area contributed by atoms with Crippen molar-refractivity contribution in [1.82, 2.24) is 39.9 Å². The lowest BCUT2D eigenvalue weighted by molar-refractivity contribution is -0.133. The summed E-state index contributed by atoms with van der Waals surface area (Å²) in [6.45, 7) is 1.46. The van der Waals surface area contributed by atoms with E-state index >= 15 is 0 Å². The molecule has 9 nitrogen and oxygen atoms in total. The Morgan fingerprint density at radius 1 is 1.26 bits per heavy atom. The van der Waals surface area contributed by atoms with Crippen molar-refractivity contribution in [2.75, 3.05) is 13.1 Å². The molecular weight excluding hydrogens is 364 g/mol. The van der Waals surface area contributed by atoms with E-state index in [1.54, 1.807) is 0 Å². The summed E-state index contributed by atoms with van der Waals surface area (Å²) in [5, 5.41) is 19.5. The second-order valence-electron chi connectivity index (χ2n) is 6.61. The number of aromatic amines is 1. The van der Waals surface area contributed by atoms with Gasteiger partial charge in [0, 0.05) is 31.6 Å². The van der Waals surface area contributed by atoms with Crippen LogP contribution in [0, 0.1) is 4.77 Å². The predicted molar refractivity (Wildman–Crippen MR) is 100 cm³/mol. The maximum atomic E-state index is 12.6. The summed E-state index contributed by atoms with van der Waals surface area (Å²) in [7, 11) is 1.92. The van der Waals surface area contributed by atoms with E-state index in [-0.39, 0.29) is 12.5 Å². The number of piperidine rings is 1. The number of carbonyl (C=O) groups is 1. The molecule has 0 radical (unpaired) electrons. The van der Waals surface area contributed by atoms with Crippen molar-refractivity contribution in [3.05, 3.63) is 40.9 Å². The molecule has 2 aromatic heterocycles. The van der Waals surface area contributed by atoms with Gasteiger partial charge >= 0.3 is 0 Å². The van der Waals surface area contributed by atoms with Gasteiger partial charge in [-0.05, 0) is 30.3 Å². The SMILES string of the molecule is Cn1c(C2CCN(C(=O)Cn3nnc(-c4ccccc4)n3)CC2)n[nH]c1=S. The predicted octanol–water partition coefficient (Wildman–Crippen LogP) is 1.54. The Bertz CT molecular complexity index is 984. The molecule has 4 rings (SSSR count). The molecule has 1 amide bonds. The lowest BCUT2D eigenvalue weighted by Gasteiger charge is -2.31. The summed E-state index contributed by atoms with van der Waals surface area (Å²) in [6.07, 6.45) is 1.72. The number of aromatic nitrogens is 7. The van der Waals surface area contributed by atoms with Crippen molar-refractivity contribution in [1.29, 1.82) is 0 Å². The highest BCUT2D eigenvalue weighted by molar-refractivity contribution is 7.71. The number of likely N-dealkylation sites (tertiary alicyclic amines) is 1. The molecule has 1 aromatic carbocycles. The molecule has 0 saturated carbocycles. The molecule has 3 aromatic rings. The second kappa shape index (κ2) is 7.39. The average molecular weight is 384 g/mol. The molecule has 27 heavy (non-hydrogen) atoms. The summed E-state index contributed by atoms with van der Waals surface area (Å²) in [5.41, 5.74) is 0.880. The maximum absolute atomic E-state index is 12.6. The minimum atomic E-state index is 0.000762. The molecule has 0 spiro atoms. The largest absolute Gasteiger partial charge is 0.341 e. The van der Waals surface area contributed by atoms with E-state index in [1.165, 1.54) is 4.80 Å². The van der Waals surface area contributed by atoms with E-state index < -0.39 is 0 Å². The molecule has 0 aliphatic carbocycles. The zero-order chi connectivity index (χ0) is 18.8. The monoisotopic (exact) mass is 384 g/mol. The van der Waals surface area contributed by atoms with Crippen molar-refractivity contribution in [2.45, 2.75) is 25.3 Å². The number of hydrogen-bond donors (Lipinski definition) is 1. The van der Waals surface area contributed by atoms with Crippen LogP contribution in [0.5, 0.6) is 0 Å². The van der Waals surface area contributed by atoms with E-state index in [2.05, 4.69) is 25.6 Å². The number of benzene rings is 1. The molecule has 140 valence electrons. The molecular formula is C17H20N8OS. The Morgan fingerprint density at radius 2 is 2.00 bits per heavy atom. The highest BCUT2D eigenvalue weighted by Crippen LogP contribution is 2.26. The third kappa shape index (κ3) is 3.65. The molecule has 10 heteroatoms. The van der Waals surface area contributed by atoms with Crippen LogP contribution in [0.25, 0.3) is 11.4 Å². The smallest absolute Gasteiger partial charge is 0.246 e. The fourth-order valence-corrected chi connectivity index (χ4v) is 3.48. The molecule has 1 aliphatic heterocycles. The van der Waals surface area contributed by atoms with Gasteiger partial charge in [0.1, 0.15) is 12.4 Å². The Labute approximate surface area is 161 Å². The summed E-state index contributed by atoms with van der Waals surface area (Å²) in [4.78, 5) is 15.8. The number of amides is 1. The number of nitrogens with one attached hydrogen (secondary N) is 1. The average Bonchev–Trinajstić information content (AvgIpc) is 3.30. The Balaban J connectivity index is 1.35. The maximum Gasteiger partial charge on any atom is 0.246 e. The van der Waals surface area contributed by atoms with E-state index in [4.69, 9.17) is 12.2 Å². The van der Waals surface area contributed by atoms with Gasteiger partial charge in [0.25, 0.3) is 0 Å². The molecule has 1 fully saturated rings. The zero-order valence-corrected chi connectivity index (χ0v) is 15.8. The third-order valence-corrected chi connectivity index (χ3v) is 5.25. The first-order chi connectivity index (χ1) is 13.1. The van der Waals surface area contributed by atoms with E-state index in [0.29, 0.717) is 29.6 Å². The van der Waals surface area contributed by atoms with Crippen LogP contribution in [0.1, 0.15) is 24.6 Å². The highest BCUT2D eigenvalue weighted by atomic mass is 32.1. The fourth-order valence-electron chi connectivity index (χ4n) is 3.35. The van der Waals surface area contributed by atoms with Crippen molar-refractivity contribution in [2.24, 2.45) is 7.05 Å². The number of hydrogen-bond acceptors (Lipinski definition) is 6. The number of nitrogens with zero attached hydrogens (tertiary/aromatic N) is 7. The van der Waals surface area contributed by atoms with Gasteiger partial charge in [-0.2, -0.15) is 9.90 Å². The quantitative estimate of drug-likeness (QED) is 0.685. The standard InChI is InChI=1S/C17H20N8OS/c1-23-16(19-20-17(23)27)13-7-9-24(10-8-13)14(26)11-25-21-15(18-22-25)12-5-3-2-4-6-12/h2-6,13H,7-11H2,1H3,(H,20,27). The van der Waals surface area contributed by atoms with Gasteiger partial charge in [-0.15, -0.1) is 10.2 Å². The Morgan fingerprint density at radius 3 is 2.67 bits per heavy atom. The van der Waals surface area contributed by atoms with Gasteiger partial charge in [-0.3, -0.25) is 9.89 Å². The van der Waals surface area contributed by atoms with E-state index in [0.717, 1.165) is 24.2 Å². The molecule has 1 aliphatic rings. The minimum absolute atomic E-state index is 0.000762. The molecule has 3 heterocycles. The van der Waals surface area contributed by atoms with Crippen molar-refractivity contribution in [3.8, 4) is 11.4 Å². The zero-order valence-electron chi connectivity index (χ0n) is 14.9. The Hall–Kier alpha value is -2.88. The van der Waals surface area contributed by atoms with Crippen LogP contribution in [-0.2, 0) is 18.4 Å². The van der Waals surface area contributed by atoms with Crippen LogP contribution >= 0.6 is 12.2 Å². The van der Waals surface area contributed by atoms with Gasteiger partial charge in [-0.1, -0.05) is 30.3 Å². The van der Waals surface area contributed by atoms with Crippen LogP contribution in [0.2, 0.25) is 0 Å². The van der Waals surface area contributed by atoms with Crippen molar-refractivity contribution in [3.63, 3.8) is 0 Å². The van der Waals surface area contributed by atoms with E-state index in [9.17, 15) is 4.79 Å². The van der Waals surface area contributed by atoms with Crippen LogP contribution < -0.4 is 0 Å². The number of tetrazole rings is 1. The van der Waals surface area contributed by atoms with Crippen molar-refractivity contribution < 1.29 is 4.79 Å². The third-order valence-electron chi connectivity index (χ3n) is 4.89. The molecule has 0 bridgehead atoms. The molecule has 0 unspecified atom stereocenters. The van der Waals surface area contributed by atoms with Gasteiger partial charge < -0.3 is 9.47 Å². The van der Waals surface area contributed by atoms with E-state index in [1.807, 2.05) is 46.8 Å². The number of H-pyrrole nitrogens is 1. The fraction of sp³-hybridized carbons (Fsp3) is 0.412. The molecule has 1 N–H and O–H groups in total. The summed E-state index contributed by atoms with van der Waals surface area (Å²) in [5.74, 6) is 1.78. The summed E-state index contributed by atoms with van der Waals surface area (Å²) in [6, 6.07) is 9.59. The van der Waals surface area contributed by atoms with Crippen molar-refractivity contribution >= 4 is 18.1 Å². The van der Waals surface area contributed by atoms with Crippen LogP contribution in [0.4, 0.5) is 0 Å². The normalized spacial score (nSPS) is 15.2. The number of carbonyl (C=O) groups excluding carboxylic acids is 1. The highest BCUT2D eigenvalue weighted by Gasteiger charge is 2.27. The van der Waals surface area contributed by atoms with Gasteiger partial charge in [0.05, 0.1) is 0 Å². The first-order valence-electron chi connectivity index (χ1n) is 8.84. The van der Waals surface area contributed by atoms with Gasteiger partial charge in [-0.25, -0.2) is 0 Å². The Kier molecular flexibility index (Phi) is 4.80. The molecule has 0 atom stereocenters. The molecule has 1 saturated heterocycles. The van der Waals surface area contributed by atoms with Gasteiger partial charge in [0.2, 0.25) is 11.7 Å². The first kappa shape index (κ1) is 17.5.